The SMILES string of the molecule is CC(C)C1=CC=CC1[SiH2]C1(CC2CCCCC2)C=CC=CC1. The Balaban J connectivity index is 1.72. The molecule has 0 aromatic rings. The Morgan fingerprint density at radius 3 is 2.64 bits per heavy atom. The van der Waals surface area contributed by atoms with Gasteiger partial charge in [0.15, 0.2) is 0 Å². The van der Waals surface area contributed by atoms with E-state index in [1.165, 1.54) is 44.9 Å². The highest BCUT2D eigenvalue weighted by Gasteiger charge is 2.35. The third kappa shape index (κ3) is 3.74. The summed E-state index contributed by atoms with van der Waals surface area (Å²) in [5.74, 6) is 1.71. The lowest BCUT2D eigenvalue weighted by Crippen LogP contribution is -2.27. The fourth-order valence-electron chi connectivity index (χ4n) is 4.84. The maximum Gasteiger partial charge on any atom is 0.0451 e. The topological polar surface area (TPSA) is 0 Å². The Bertz CT molecular complexity index is 488. The van der Waals surface area contributed by atoms with Crippen molar-refractivity contribution in [1.29, 1.82) is 0 Å². The summed E-state index contributed by atoms with van der Waals surface area (Å²) in [6.07, 6.45) is 27.1. The fourth-order valence-corrected chi connectivity index (χ4v) is 8.03. The minimum absolute atomic E-state index is 0.193. The van der Waals surface area contributed by atoms with Crippen molar-refractivity contribution >= 4 is 9.52 Å². The lowest BCUT2D eigenvalue weighted by molar-refractivity contribution is 0.313. The molecule has 0 N–H and O–H groups in total. The van der Waals surface area contributed by atoms with Crippen molar-refractivity contribution in [3.63, 3.8) is 0 Å². The van der Waals surface area contributed by atoms with Crippen molar-refractivity contribution in [3.05, 3.63) is 48.1 Å². The molecular formula is C21H32Si. The minimum atomic E-state index is -0.193. The van der Waals surface area contributed by atoms with E-state index >= 15 is 0 Å². The third-order valence-electron chi connectivity index (χ3n) is 5.99. The zero-order valence-electron chi connectivity index (χ0n) is 14.4. The molecule has 3 aliphatic carbocycles. The van der Waals surface area contributed by atoms with Crippen molar-refractivity contribution in [2.45, 2.75) is 69.4 Å². The molecule has 1 heteroatoms. The van der Waals surface area contributed by atoms with Gasteiger partial charge in [-0.3, -0.25) is 0 Å². The Morgan fingerprint density at radius 2 is 1.95 bits per heavy atom. The Kier molecular flexibility index (Phi) is 5.23. The van der Waals surface area contributed by atoms with E-state index in [0.717, 1.165) is 11.5 Å². The quantitative estimate of drug-likeness (QED) is 0.568. The molecule has 0 bridgehead atoms. The van der Waals surface area contributed by atoms with Gasteiger partial charge in [-0.2, -0.15) is 0 Å². The van der Waals surface area contributed by atoms with Crippen molar-refractivity contribution in [2.24, 2.45) is 11.8 Å². The minimum Gasteiger partial charge on any atom is -0.0840 e. The van der Waals surface area contributed by atoms with E-state index in [9.17, 15) is 0 Å². The molecular weight excluding hydrogens is 280 g/mol. The second-order valence-corrected chi connectivity index (χ2v) is 10.8. The number of allylic oxidation sites excluding steroid dienone is 8. The van der Waals surface area contributed by atoms with E-state index in [1.807, 2.05) is 0 Å². The Labute approximate surface area is 139 Å². The number of hydrogen-bond acceptors (Lipinski definition) is 0. The molecule has 0 aromatic carbocycles. The fraction of sp³-hybridized carbons (Fsp3) is 0.619. The zero-order chi connectivity index (χ0) is 15.4. The summed E-state index contributed by atoms with van der Waals surface area (Å²) in [6, 6.07) is 0. The maximum absolute atomic E-state index is 2.61. The van der Waals surface area contributed by atoms with Crippen LogP contribution in [0.3, 0.4) is 0 Å². The van der Waals surface area contributed by atoms with Crippen molar-refractivity contribution < 1.29 is 0 Å². The van der Waals surface area contributed by atoms with Gasteiger partial charge in [0.2, 0.25) is 0 Å². The predicted octanol–water partition coefficient (Wildman–Crippen LogP) is 5.74. The molecule has 1 saturated carbocycles. The normalized spacial score (nSPS) is 32.5. The van der Waals surface area contributed by atoms with Crippen LogP contribution in [-0.2, 0) is 0 Å². The smallest absolute Gasteiger partial charge is 0.0451 e. The van der Waals surface area contributed by atoms with Gasteiger partial charge in [0.1, 0.15) is 0 Å². The Hall–Kier alpha value is -0.823. The molecule has 0 amide bonds. The van der Waals surface area contributed by atoms with E-state index in [1.54, 1.807) is 5.57 Å². The van der Waals surface area contributed by atoms with E-state index in [4.69, 9.17) is 0 Å². The summed E-state index contributed by atoms with van der Waals surface area (Å²) >= 11 is 0. The van der Waals surface area contributed by atoms with Crippen LogP contribution in [0.1, 0.15) is 58.8 Å². The molecule has 3 aliphatic rings. The first-order chi connectivity index (χ1) is 10.7. The standard InChI is InChI=1S/C21H32Si/c1-17(2)19-12-9-13-20(19)22-21(14-7-4-8-15-21)16-18-10-5-3-6-11-18/h4,7-9,12-14,17-18,20H,3,5-6,10-11,15-16,22H2,1-2H3. The highest BCUT2D eigenvalue weighted by Crippen LogP contribution is 2.49. The molecule has 1 fully saturated rings. The summed E-state index contributed by atoms with van der Waals surface area (Å²) < 4.78 is 0. The molecule has 0 nitrogen and oxygen atoms in total. The second-order valence-electron chi connectivity index (χ2n) is 8.08. The van der Waals surface area contributed by atoms with Gasteiger partial charge in [0.05, 0.1) is 0 Å². The van der Waals surface area contributed by atoms with E-state index in [0.29, 0.717) is 11.0 Å². The van der Waals surface area contributed by atoms with Gasteiger partial charge in [0, 0.05) is 9.52 Å². The highest BCUT2D eigenvalue weighted by atomic mass is 28.2. The average molecular weight is 313 g/mol. The average Bonchev–Trinajstić information content (AvgIpc) is 2.97. The van der Waals surface area contributed by atoms with Gasteiger partial charge >= 0.3 is 0 Å². The van der Waals surface area contributed by atoms with Crippen molar-refractivity contribution in [2.75, 3.05) is 0 Å². The van der Waals surface area contributed by atoms with E-state index in [-0.39, 0.29) is 9.52 Å². The lowest BCUT2D eigenvalue weighted by Gasteiger charge is -2.38. The second kappa shape index (κ2) is 7.17. The van der Waals surface area contributed by atoms with Crippen LogP contribution in [0, 0.1) is 11.8 Å². The van der Waals surface area contributed by atoms with Crippen LogP contribution in [0.5, 0.6) is 0 Å². The predicted molar refractivity (Wildman–Crippen MR) is 101 cm³/mol. The van der Waals surface area contributed by atoms with Crippen LogP contribution in [0.2, 0.25) is 10.6 Å². The molecule has 2 unspecified atom stereocenters. The molecule has 0 aromatic heterocycles. The Morgan fingerprint density at radius 1 is 1.14 bits per heavy atom. The first kappa shape index (κ1) is 16.0. The summed E-state index contributed by atoms with van der Waals surface area (Å²) in [5, 5.41) is 0.546. The summed E-state index contributed by atoms with van der Waals surface area (Å²) in [6.45, 7) is 4.73. The zero-order valence-corrected chi connectivity index (χ0v) is 15.8. The van der Waals surface area contributed by atoms with Crippen LogP contribution in [0.4, 0.5) is 0 Å². The van der Waals surface area contributed by atoms with E-state index in [2.05, 4.69) is 56.4 Å². The highest BCUT2D eigenvalue weighted by molar-refractivity contribution is 6.45. The molecule has 0 spiro atoms. The summed E-state index contributed by atoms with van der Waals surface area (Å²) in [7, 11) is -0.193. The van der Waals surface area contributed by atoms with Crippen LogP contribution in [0.15, 0.2) is 48.1 Å². The molecule has 0 heterocycles. The number of hydrogen-bond donors (Lipinski definition) is 0. The molecule has 22 heavy (non-hydrogen) atoms. The lowest BCUT2D eigenvalue weighted by atomic mass is 9.80. The third-order valence-corrected chi connectivity index (χ3v) is 8.80. The molecule has 120 valence electrons. The van der Waals surface area contributed by atoms with Gasteiger partial charge in [-0.05, 0) is 35.3 Å². The van der Waals surface area contributed by atoms with Crippen LogP contribution < -0.4 is 0 Å². The monoisotopic (exact) mass is 312 g/mol. The molecule has 2 atom stereocenters. The summed E-state index contributed by atoms with van der Waals surface area (Å²) in [4.78, 5) is 0. The van der Waals surface area contributed by atoms with Crippen LogP contribution in [-0.4, -0.2) is 9.52 Å². The van der Waals surface area contributed by atoms with Gasteiger partial charge < -0.3 is 0 Å². The molecule has 0 aliphatic heterocycles. The summed E-state index contributed by atoms with van der Waals surface area (Å²) in [5.41, 5.74) is 2.51. The van der Waals surface area contributed by atoms with Gasteiger partial charge in [0.25, 0.3) is 0 Å². The van der Waals surface area contributed by atoms with Crippen LogP contribution >= 0.6 is 0 Å². The first-order valence-corrected chi connectivity index (χ1v) is 10.9. The van der Waals surface area contributed by atoms with Crippen molar-refractivity contribution in [1.82, 2.24) is 0 Å². The van der Waals surface area contributed by atoms with Crippen LogP contribution in [0.25, 0.3) is 0 Å². The number of rotatable bonds is 5. The molecule has 0 radical (unpaired) electrons. The van der Waals surface area contributed by atoms with E-state index < -0.39 is 0 Å². The van der Waals surface area contributed by atoms with Gasteiger partial charge in [-0.25, -0.2) is 0 Å². The first-order valence-electron chi connectivity index (χ1n) is 9.41. The van der Waals surface area contributed by atoms with Gasteiger partial charge in [-0.1, -0.05) is 94.1 Å². The maximum atomic E-state index is 2.61. The largest absolute Gasteiger partial charge is 0.0840 e. The van der Waals surface area contributed by atoms with Crippen molar-refractivity contribution in [3.8, 4) is 0 Å². The molecule has 0 saturated heterocycles. The molecule has 3 rings (SSSR count). The van der Waals surface area contributed by atoms with Gasteiger partial charge in [-0.15, -0.1) is 0 Å².